The van der Waals surface area contributed by atoms with Crippen molar-refractivity contribution in [2.75, 3.05) is 7.11 Å². The summed E-state index contributed by atoms with van der Waals surface area (Å²) in [7, 11) is 1.71. The first-order valence-electron chi connectivity index (χ1n) is 5.63. The molecule has 94 valence electrons. The van der Waals surface area contributed by atoms with Gasteiger partial charge in [0.25, 0.3) is 0 Å². The molecule has 0 spiro atoms. The Labute approximate surface area is 117 Å². The predicted molar refractivity (Wildman–Crippen MR) is 78.5 cm³/mol. The van der Waals surface area contributed by atoms with Crippen molar-refractivity contribution in [2.45, 2.75) is 12.8 Å². The van der Waals surface area contributed by atoms with Crippen LogP contribution in [0, 0.1) is 0 Å². The highest BCUT2D eigenvalue weighted by atomic mass is 35.5. The van der Waals surface area contributed by atoms with E-state index in [-0.39, 0.29) is 12.4 Å². The quantitative estimate of drug-likeness (QED) is 0.827. The van der Waals surface area contributed by atoms with Crippen molar-refractivity contribution in [1.29, 1.82) is 0 Å². The average Bonchev–Trinajstić information content (AvgIpc) is 2.99. The molecule has 2 nitrogen and oxygen atoms in total. The first-order valence-corrected chi connectivity index (χ1v) is 6.51. The highest BCUT2D eigenvalue weighted by molar-refractivity contribution is 7.10. The van der Waals surface area contributed by atoms with Crippen LogP contribution in [0.2, 0.25) is 0 Å². The van der Waals surface area contributed by atoms with Gasteiger partial charge in [-0.05, 0) is 47.8 Å². The van der Waals surface area contributed by atoms with E-state index in [0.29, 0.717) is 0 Å². The number of aromatic nitrogens is 1. The van der Waals surface area contributed by atoms with Gasteiger partial charge in [0.2, 0.25) is 0 Å². The largest absolute Gasteiger partial charge is 0.497 e. The van der Waals surface area contributed by atoms with Gasteiger partial charge < -0.3 is 4.74 Å². The lowest BCUT2D eigenvalue weighted by molar-refractivity contribution is 0.414. The molecule has 1 aromatic carbocycles. The first-order chi connectivity index (χ1) is 8.36. The number of hydrogen-bond acceptors (Lipinski definition) is 3. The van der Waals surface area contributed by atoms with E-state index in [2.05, 4.69) is 23.2 Å². The number of hydrogen-bond donors (Lipinski definition) is 0. The molecule has 0 aliphatic heterocycles. The summed E-state index contributed by atoms with van der Waals surface area (Å²) in [5.74, 6) is 0.947. The van der Waals surface area contributed by atoms with Gasteiger partial charge in [-0.2, -0.15) is 0 Å². The molecule has 4 heteroatoms. The molecule has 1 aliphatic rings. The third kappa shape index (κ3) is 2.42. The van der Waals surface area contributed by atoms with Crippen LogP contribution in [-0.4, -0.2) is 12.1 Å². The van der Waals surface area contributed by atoms with Crippen LogP contribution in [0.25, 0.3) is 11.6 Å². The molecule has 0 fully saturated rings. The molecule has 1 heterocycles. The number of methoxy groups -OCH3 is 1. The van der Waals surface area contributed by atoms with Gasteiger partial charge in [0.05, 0.1) is 12.6 Å². The standard InChI is InChI=1S/C14H13NOS.ClH/c1-16-12-4-5-14-10(6-12)2-3-11(14)7-13-8-15-9-17-13;/h4-9H,2-3H2,1H3;1H/b11-7+;. The van der Waals surface area contributed by atoms with Crippen molar-refractivity contribution in [3.63, 3.8) is 0 Å². The van der Waals surface area contributed by atoms with Crippen LogP contribution >= 0.6 is 23.7 Å². The van der Waals surface area contributed by atoms with Crippen LogP contribution in [0.3, 0.4) is 0 Å². The molecular weight excluding hydrogens is 266 g/mol. The smallest absolute Gasteiger partial charge is 0.119 e. The monoisotopic (exact) mass is 279 g/mol. The normalized spacial score (nSPS) is 15.3. The summed E-state index contributed by atoms with van der Waals surface area (Å²) in [6.07, 6.45) is 6.38. The zero-order chi connectivity index (χ0) is 11.7. The van der Waals surface area contributed by atoms with Gasteiger partial charge in [0, 0.05) is 11.1 Å². The van der Waals surface area contributed by atoms with E-state index >= 15 is 0 Å². The maximum Gasteiger partial charge on any atom is 0.119 e. The lowest BCUT2D eigenvalue weighted by Crippen LogP contribution is -1.86. The number of rotatable bonds is 2. The Morgan fingerprint density at radius 1 is 1.33 bits per heavy atom. The Hall–Kier alpha value is -1.32. The molecule has 0 unspecified atom stereocenters. The molecule has 0 radical (unpaired) electrons. The van der Waals surface area contributed by atoms with Crippen LogP contribution in [0.15, 0.2) is 29.9 Å². The number of ether oxygens (including phenoxy) is 1. The first kappa shape index (κ1) is 13.1. The fourth-order valence-corrected chi connectivity index (χ4v) is 2.82. The Morgan fingerprint density at radius 3 is 2.94 bits per heavy atom. The van der Waals surface area contributed by atoms with Gasteiger partial charge >= 0.3 is 0 Å². The summed E-state index contributed by atoms with van der Waals surface area (Å²) in [6.45, 7) is 0. The van der Waals surface area contributed by atoms with Crippen molar-refractivity contribution in [1.82, 2.24) is 4.98 Å². The second-order valence-electron chi connectivity index (χ2n) is 4.10. The summed E-state index contributed by atoms with van der Waals surface area (Å²) < 4.78 is 5.25. The van der Waals surface area contributed by atoms with Crippen LogP contribution in [0.4, 0.5) is 0 Å². The number of allylic oxidation sites excluding steroid dienone is 1. The minimum absolute atomic E-state index is 0. The summed E-state index contributed by atoms with van der Waals surface area (Å²) in [6, 6.07) is 6.33. The third-order valence-electron chi connectivity index (χ3n) is 3.09. The van der Waals surface area contributed by atoms with Gasteiger partial charge in [-0.15, -0.1) is 23.7 Å². The topological polar surface area (TPSA) is 22.1 Å². The molecule has 0 saturated carbocycles. The molecule has 1 aliphatic carbocycles. The Kier molecular flexibility index (Phi) is 4.04. The predicted octanol–water partition coefficient (Wildman–Crippen LogP) is 4.06. The second-order valence-corrected chi connectivity index (χ2v) is 5.01. The Morgan fingerprint density at radius 2 is 2.22 bits per heavy atom. The number of thiazole rings is 1. The summed E-state index contributed by atoms with van der Waals surface area (Å²) >= 11 is 1.68. The van der Waals surface area contributed by atoms with Crippen LogP contribution < -0.4 is 4.74 Å². The number of halogens is 1. The second kappa shape index (κ2) is 5.55. The average molecular weight is 280 g/mol. The molecule has 0 bridgehead atoms. The summed E-state index contributed by atoms with van der Waals surface area (Å²) in [4.78, 5) is 5.33. The van der Waals surface area contributed by atoms with Crippen molar-refractivity contribution < 1.29 is 4.74 Å². The number of fused-ring (bicyclic) bond motifs is 1. The zero-order valence-electron chi connectivity index (χ0n) is 10.1. The van der Waals surface area contributed by atoms with E-state index in [1.165, 1.54) is 21.6 Å². The zero-order valence-corrected chi connectivity index (χ0v) is 11.7. The summed E-state index contributed by atoms with van der Waals surface area (Å²) in [5, 5.41) is 0. The molecule has 3 rings (SSSR count). The van der Waals surface area contributed by atoms with Gasteiger partial charge in [-0.3, -0.25) is 4.98 Å². The SMILES string of the molecule is COc1ccc2c(c1)CC/C2=C\c1cncs1.Cl. The van der Waals surface area contributed by atoms with Crippen molar-refractivity contribution in [3.05, 3.63) is 45.9 Å². The molecule has 0 N–H and O–H groups in total. The third-order valence-corrected chi connectivity index (χ3v) is 3.81. The van der Waals surface area contributed by atoms with E-state index in [1.807, 2.05) is 17.8 Å². The molecular formula is C14H14ClNOS. The number of nitrogens with zero attached hydrogens (tertiary/aromatic N) is 1. The molecule has 0 amide bonds. The summed E-state index contributed by atoms with van der Waals surface area (Å²) in [5.41, 5.74) is 6.03. The van der Waals surface area contributed by atoms with Crippen molar-refractivity contribution >= 4 is 35.4 Å². The molecule has 18 heavy (non-hydrogen) atoms. The fraction of sp³-hybridized carbons (Fsp3) is 0.214. The van der Waals surface area contributed by atoms with E-state index in [9.17, 15) is 0 Å². The van der Waals surface area contributed by atoms with Crippen molar-refractivity contribution in [3.8, 4) is 5.75 Å². The van der Waals surface area contributed by atoms with Gasteiger partial charge in [-0.1, -0.05) is 6.07 Å². The fourth-order valence-electron chi connectivity index (χ4n) is 2.24. The molecule has 1 aromatic heterocycles. The van der Waals surface area contributed by atoms with Crippen LogP contribution in [-0.2, 0) is 6.42 Å². The van der Waals surface area contributed by atoms with E-state index < -0.39 is 0 Å². The van der Waals surface area contributed by atoms with Gasteiger partial charge in [0.15, 0.2) is 0 Å². The molecule has 2 aromatic rings. The van der Waals surface area contributed by atoms with Gasteiger partial charge in [0.1, 0.15) is 5.75 Å². The van der Waals surface area contributed by atoms with Gasteiger partial charge in [-0.25, -0.2) is 0 Å². The minimum atomic E-state index is 0. The van der Waals surface area contributed by atoms with E-state index in [0.717, 1.165) is 18.6 Å². The number of benzene rings is 1. The van der Waals surface area contributed by atoms with E-state index in [4.69, 9.17) is 4.74 Å². The maximum atomic E-state index is 5.25. The van der Waals surface area contributed by atoms with Crippen LogP contribution in [0.5, 0.6) is 5.75 Å². The number of aryl methyl sites for hydroxylation is 1. The minimum Gasteiger partial charge on any atom is -0.497 e. The van der Waals surface area contributed by atoms with Crippen molar-refractivity contribution in [2.24, 2.45) is 0 Å². The Bertz CT molecular complexity index is 563. The molecule has 0 atom stereocenters. The lowest BCUT2D eigenvalue weighted by atomic mass is 10.1. The van der Waals surface area contributed by atoms with Crippen LogP contribution in [0.1, 0.15) is 22.4 Å². The molecule has 0 saturated heterocycles. The highest BCUT2D eigenvalue weighted by Gasteiger charge is 2.16. The van der Waals surface area contributed by atoms with E-state index in [1.54, 1.807) is 18.4 Å². The Balaban J connectivity index is 0.00000120. The maximum absolute atomic E-state index is 5.25. The lowest BCUT2D eigenvalue weighted by Gasteiger charge is -2.04. The highest BCUT2D eigenvalue weighted by Crippen LogP contribution is 2.35.